The van der Waals surface area contributed by atoms with Gasteiger partial charge in [-0.05, 0) is 18.9 Å². The molecule has 0 saturated heterocycles. The van der Waals surface area contributed by atoms with Gasteiger partial charge in [-0.25, -0.2) is 4.98 Å². The van der Waals surface area contributed by atoms with Crippen molar-refractivity contribution in [1.82, 2.24) is 24.6 Å². The van der Waals surface area contributed by atoms with Gasteiger partial charge in [0.25, 0.3) is 11.5 Å². The largest absolute Gasteiger partial charge is 0.367 e. The van der Waals surface area contributed by atoms with E-state index in [4.69, 9.17) is 11.6 Å². The van der Waals surface area contributed by atoms with Crippen molar-refractivity contribution < 1.29 is 4.92 Å². The minimum absolute atomic E-state index is 0.0975. The summed E-state index contributed by atoms with van der Waals surface area (Å²) in [7, 11) is 0. The molecule has 0 radical (unpaired) electrons. The third-order valence-electron chi connectivity index (χ3n) is 3.96. The summed E-state index contributed by atoms with van der Waals surface area (Å²) in [5, 5.41) is 18.6. The van der Waals surface area contributed by atoms with E-state index < -0.39 is 4.92 Å². The van der Waals surface area contributed by atoms with E-state index in [-0.39, 0.29) is 16.9 Å². The molecule has 0 amide bonds. The van der Waals surface area contributed by atoms with Crippen LogP contribution in [0, 0.1) is 16.0 Å². The quantitative estimate of drug-likeness (QED) is 0.422. The van der Waals surface area contributed by atoms with Gasteiger partial charge in [0.2, 0.25) is 0 Å². The number of pyridine rings is 1. The summed E-state index contributed by atoms with van der Waals surface area (Å²) in [6.45, 7) is 6.21. The van der Waals surface area contributed by atoms with E-state index in [9.17, 15) is 10.1 Å². The minimum Gasteiger partial charge on any atom is -0.367 e. The van der Waals surface area contributed by atoms with Gasteiger partial charge in [0.1, 0.15) is 23.5 Å². The first-order chi connectivity index (χ1) is 11.9. The second-order valence-corrected chi connectivity index (χ2v) is 6.29. The lowest BCUT2D eigenvalue weighted by Gasteiger charge is -2.21. The fraction of sp³-hybridized carbons (Fsp3) is 0.333. The number of nitro groups is 1. The fourth-order valence-corrected chi connectivity index (χ4v) is 2.46. The van der Waals surface area contributed by atoms with Crippen LogP contribution in [0.1, 0.15) is 20.8 Å². The number of aromatic nitrogens is 5. The zero-order valence-corrected chi connectivity index (χ0v) is 14.6. The van der Waals surface area contributed by atoms with Gasteiger partial charge >= 0.3 is 0 Å². The van der Waals surface area contributed by atoms with Gasteiger partial charge < -0.3 is 5.32 Å². The average molecular weight is 362 g/mol. The maximum atomic E-state index is 10.8. The van der Waals surface area contributed by atoms with Gasteiger partial charge in [-0.2, -0.15) is 19.6 Å². The molecule has 10 heteroatoms. The molecule has 0 saturated carbocycles. The maximum absolute atomic E-state index is 10.8. The third kappa shape index (κ3) is 3.22. The van der Waals surface area contributed by atoms with Crippen molar-refractivity contribution in [2.45, 2.75) is 26.8 Å². The van der Waals surface area contributed by atoms with Gasteiger partial charge in [0.05, 0.1) is 16.2 Å². The van der Waals surface area contributed by atoms with E-state index in [2.05, 4.69) is 39.2 Å². The molecule has 1 N–H and O–H groups in total. The Labute approximate surface area is 148 Å². The summed E-state index contributed by atoms with van der Waals surface area (Å²) in [5.74, 6) is 1.30. The van der Waals surface area contributed by atoms with Crippen LogP contribution in [-0.4, -0.2) is 35.5 Å². The highest BCUT2D eigenvalue weighted by Gasteiger charge is 2.21. The summed E-state index contributed by atoms with van der Waals surface area (Å²) < 4.78 is 1.54. The minimum atomic E-state index is -0.503. The topological polar surface area (TPSA) is 111 Å². The molecule has 0 bridgehead atoms. The predicted octanol–water partition coefficient (Wildman–Crippen LogP) is 3.20. The van der Waals surface area contributed by atoms with E-state index >= 15 is 0 Å². The molecule has 0 aliphatic heterocycles. The monoisotopic (exact) mass is 361 g/mol. The van der Waals surface area contributed by atoms with Crippen LogP contribution >= 0.6 is 11.6 Å². The second kappa shape index (κ2) is 6.60. The lowest BCUT2D eigenvalue weighted by molar-refractivity contribution is -0.385. The molecule has 25 heavy (non-hydrogen) atoms. The standard InChI is InChI=1S/C15H16ClN7O2/c1-8(2)9(3)20-14-12(11-5-4-10(6-17-11)23(24)25)13(16)21-15-18-7-19-22(14)15/h4-9,20H,1-3H3. The highest BCUT2D eigenvalue weighted by molar-refractivity contribution is 6.32. The number of fused-ring (bicyclic) bond motifs is 1. The molecule has 3 heterocycles. The molecule has 0 aromatic carbocycles. The Kier molecular flexibility index (Phi) is 4.49. The van der Waals surface area contributed by atoms with E-state index in [1.165, 1.54) is 24.7 Å². The first-order valence-electron chi connectivity index (χ1n) is 7.65. The van der Waals surface area contributed by atoms with Crippen LogP contribution < -0.4 is 5.32 Å². The van der Waals surface area contributed by atoms with E-state index in [1.54, 1.807) is 4.52 Å². The molecular formula is C15H16ClN7O2. The molecule has 3 aromatic heterocycles. The molecule has 3 aromatic rings. The number of rotatable bonds is 5. The molecule has 0 aliphatic carbocycles. The SMILES string of the molecule is CC(C)C(C)Nc1c(-c2ccc([N+](=O)[O-])cn2)c(Cl)nc2ncnn12. The first-order valence-corrected chi connectivity index (χ1v) is 8.03. The van der Waals surface area contributed by atoms with Crippen molar-refractivity contribution in [2.75, 3.05) is 5.32 Å². The number of hydrogen-bond donors (Lipinski definition) is 1. The van der Waals surface area contributed by atoms with Crippen molar-refractivity contribution in [3.63, 3.8) is 0 Å². The van der Waals surface area contributed by atoms with Crippen LogP contribution in [0.3, 0.4) is 0 Å². The maximum Gasteiger partial charge on any atom is 0.287 e. The number of hydrogen-bond acceptors (Lipinski definition) is 7. The summed E-state index contributed by atoms with van der Waals surface area (Å²) >= 11 is 6.36. The van der Waals surface area contributed by atoms with E-state index in [0.29, 0.717) is 28.8 Å². The van der Waals surface area contributed by atoms with Crippen molar-refractivity contribution >= 4 is 28.9 Å². The Balaban J connectivity index is 2.18. The lowest BCUT2D eigenvalue weighted by Crippen LogP contribution is -2.24. The molecule has 0 aliphatic rings. The van der Waals surface area contributed by atoms with Crippen molar-refractivity contribution in [3.8, 4) is 11.3 Å². The lowest BCUT2D eigenvalue weighted by atomic mass is 10.1. The smallest absolute Gasteiger partial charge is 0.287 e. The highest BCUT2D eigenvalue weighted by Crippen LogP contribution is 2.34. The number of nitrogens with one attached hydrogen (secondary N) is 1. The molecular weight excluding hydrogens is 346 g/mol. The molecule has 130 valence electrons. The Morgan fingerprint density at radius 3 is 2.64 bits per heavy atom. The van der Waals surface area contributed by atoms with Crippen LogP contribution in [0.15, 0.2) is 24.7 Å². The van der Waals surface area contributed by atoms with E-state index in [0.717, 1.165) is 0 Å². The zero-order valence-electron chi connectivity index (χ0n) is 13.8. The molecule has 1 atom stereocenters. The highest BCUT2D eigenvalue weighted by atomic mass is 35.5. The summed E-state index contributed by atoms with van der Waals surface area (Å²) in [6, 6.07) is 3.03. The van der Waals surface area contributed by atoms with Crippen LogP contribution in [0.25, 0.3) is 17.0 Å². The first kappa shape index (κ1) is 17.0. The molecule has 1 unspecified atom stereocenters. The normalized spacial score (nSPS) is 12.5. The van der Waals surface area contributed by atoms with Gasteiger partial charge in [-0.1, -0.05) is 25.4 Å². The molecule has 0 spiro atoms. The Hall–Kier alpha value is -2.81. The fourth-order valence-electron chi connectivity index (χ4n) is 2.20. The van der Waals surface area contributed by atoms with Gasteiger partial charge in [-0.3, -0.25) is 10.1 Å². The Morgan fingerprint density at radius 1 is 1.28 bits per heavy atom. The van der Waals surface area contributed by atoms with E-state index in [1.807, 2.05) is 6.92 Å². The van der Waals surface area contributed by atoms with Crippen LogP contribution in [0.5, 0.6) is 0 Å². The third-order valence-corrected chi connectivity index (χ3v) is 4.24. The average Bonchev–Trinajstić information content (AvgIpc) is 3.03. The molecule has 9 nitrogen and oxygen atoms in total. The van der Waals surface area contributed by atoms with Crippen molar-refractivity contribution in [3.05, 3.63) is 39.9 Å². The van der Waals surface area contributed by atoms with Crippen molar-refractivity contribution in [2.24, 2.45) is 5.92 Å². The summed E-state index contributed by atoms with van der Waals surface area (Å²) in [6.07, 6.45) is 2.57. The zero-order chi connectivity index (χ0) is 18.1. The van der Waals surface area contributed by atoms with Crippen molar-refractivity contribution in [1.29, 1.82) is 0 Å². The van der Waals surface area contributed by atoms with Crippen LogP contribution in [0.2, 0.25) is 5.15 Å². The van der Waals surface area contributed by atoms with Gasteiger partial charge in [-0.15, -0.1) is 0 Å². The van der Waals surface area contributed by atoms with Crippen LogP contribution in [0.4, 0.5) is 11.5 Å². The van der Waals surface area contributed by atoms with Gasteiger partial charge in [0, 0.05) is 12.1 Å². The Bertz CT molecular complexity index is 924. The molecule has 3 rings (SSSR count). The second-order valence-electron chi connectivity index (χ2n) is 5.93. The summed E-state index contributed by atoms with van der Waals surface area (Å²) in [4.78, 5) is 22.8. The van der Waals surface area contributed by atoms with Crippen LogP contribution in [-0.2, 0) is 0 Å². The number of halogens is 1. The van der Waals surface area contributed by atoms with Gasteiger partial charge in [0.15, 0.2) is 0 Å². The molecule has 0 fully saturated rings. The Morgan fingerprint density at radius 2 is 2.04 bits per heavy atom. The predicted molar refractivity (Wildman–Crippen MR) is 93.6 cm³/mol. The number of nitrogens with zero attached hydrogens (tertiary/aromatic N) is 6. The number of anilines is 1. The summed E-state index contributed by atoms with van der Waals surface area (Å²) in [5.41, 5.74) is 0.876.